The second-order valence-electron chi connectivity index (χ2n) is 7.10. The molecule has 0 aromatic carbocycles. The number of amides is 1. The van der Waals surface area contributed by atoms with Gasteiger partial charge in [0.25, 0.3) is 5.91 Å². The van der Waals surface area contributed by atoms with E-state index in [4.69, 9.17) is 5.10 Å². The van der Waals surface area contributed by atoms with Crippen molar-refractivity contribution in [1.82, 2.24) is 19.2 Å². The average molecular weight is 340 g/mol. The van der Waals surface area contributed by atoms with E-state index in [1.807, 2.05) is 46.3 Å². The largest absolute Gasteiger partial charge is 0.328 e. The predicted octanol–water partition coefficient (Wildman–Crippen LogP) is 3.65. The van der Waals surface area contributed by atoms with E-state index in [1.165, 1.54) is 0 Å². The second-order valence-corrected chi connectivity index (χ2v) is 7.88. The molecule has 0 spiro atoms. The Morgan fingerprint density at radius 3 is 2.58 bits per heavy atom. The lowest BCUT2D eigenvalue weighted by Crippen LogP contribution is -2.29. The van der Waals surface area contributed by atoms with Gasteiger partial charge in [-0.1, -0.05) is 0 Å². The van der Waals surface area contributed by atoms with Crippen LogP contribution in [0.3, 0.4) is 0 Å². The maximum Gasteiger partial charge on any atom is 0.255 e. The van der Waals surface area contributed by atoms with Gasteiger partial charge in [-0.05, 0) is 44.4 Å². The highest BCUT2D eigenvalue weighted by Gasteiger charge is 2.33. The molecular weight excluding hydrogens is 320 g/mol. The van der Waals surface area contributed by atoms with Crippen LogP contribution < -0.4 is 0 Å². The smallest absolute Gasteiger partial charge is 0.255 e. The summed E-state index contributed by atoms with van der Waals surface area (Å²) in [4.78, 5) is 14.5. The molecule has 0 bridgehead atoms. The zero-order chi connectivity index (χ0) is 16.9. The molecular formula is C18H20N4OS. The molecule has 4 heterocycles. The van der Waals surface area contributed by atoms with E-state index in [1.54, 1.807) is 11.3 Å². The Balaban J connectivity index is 1.74. The van der Waals surface area contributed by atoms with Crippen LogP contribution in [0.5, 0.6) is 0 Å². The predicted molar refractivity (Wildman–Crippen MR) is 94.4 cm³/mol. The van der Waals surface area contributed by atoms with E-state index in [9.17, 15) is 4.79 Å². The van der Waals surface area contributed by atoms with Gasteiger partial charge in [-0.2, -0.15) is 16.4 Å². The molecule has 0 unspecified atom stereocenters. The summed E-state index contributed by atoms with van der Waals surface area (Å²) in [6.07, 6.45) is 4.06. The standard InChI is InChI=1S/C18H20N4OS/c1-18(2,3)22-16(20-7-4-5-8-20)14-10-21(11-15(14)19-22)17(23)13-6-9-24-12-13/h4-9,12H,10-11H2,1-3H3. The second kappa shape index (κ2) is 5.34. The van der Waals surface area contributed by atoms with Crippen molar-refractivity contribution in [2.45, 2.75) is 39.4 Å². The Kier molecular flexibility index (Phi) is 3.38. The minimum Gasteiger partial charge on any atom is -0.328 e. The lowest BCUT2D eigenvalue weighted by Gasteiger charge is -2.24. The Morgan fingerprint density at radius 1 is 1.21 bits per heavy atom. The van der Waals surface area contributed by atoms with Crippen LogP contribution >= 0.6 is 11.3 Å². The highest BCUT2D eigenvalue weighted by Crippen LogP contribution is 2.32. The van der Waals surface area contributed by atoms with Crippen molar-refractivity contribution in [3.05, 3.63) is 58.2 Å². The number of aromatic nitrogens is 3. The summed E-state index contributed by atoms with van der Waals surface area (Å²) >= 11 is 1.55. The average Bonchev–Trinajstić information content (AvgIpc) is 3.27. The van der Waals surface area contributed by atoms with Gasteiger partial charge in [-0.15, -0.1) is 0 Å². The minimum absolute atomic E-state index is 0.0787. The first-order chi connectivity index (χ1) is 11.4. The van der Waals surface area contributed by atoms with E-state index in [0.29, 0.717) is 13.1 Å². The highest BCUT2D eigenvalue weighted by molar-refractivity contribution is 7.08. The molecule has 24 heavy (non-hydrogen) atoms. The van der Waals surface area contributed by atoms with E-state index < -0.39 is 0 Å². The Morgan fingerprint density at radius 2 is 1.96 bits per heavy atom. The lowest BCUT2D eigenvalue weighted by molar-refractivity contribution is 0.0749. The van der Waals surface area contributed by atoms with Gasteiger partial charge in [0.05, 0.1) is 29.9 Å². The fraction of sp³-hybridized carbons (Fsp3) is 0.333. The van der Waals surface area contributed by atoms with E-state index in [-0.39, 0.29) is 11.4 Å². The van der Waals surface area contributed by atoms with Crippen molar-refractivity contribution < 1.29 is 4.79 Å². The summed E-state index contributed by atoms with van der Waals surface area (Å²) in [6.45, 7) is 7.62. The van der Waals surface area contributed by atoms with E-state index >= 15 is 0 Å². The zero-order valence-corrected chi connectivity index (χ0v) is 14.9. The van der Waals surface area contributed by atoms with E-state index in [2.05, 4.69) is 30.0 Å². The number of thiophene rings is 1. The van der Waals surface area contributed by atoms with Crippen LogP contribution in [0, 0.1) is 0 Å². The molecule has 1 aliphatic rings. The van der Waals surface area contributed by atoms with Crippen LogP contribution in [0.4, 0.5) is 0 Å². The number of rotatable bonds is 2. The molecule has 3 aromatic heterocycles. The third-order valence-corrected chi connectivity index (χ3v) is 4.95. The lowest BCUT2D eigenvalue weighted by atomic mass is 10.1. The van der Waals surface area contributed by atoms with Gasteiger partial charge in [0.15, 0.2) is 0 Å². The van der Waals surface area contributed by atoms with Crippen molar-refractivity contribution in [3.63, 3.8) is 0 Å². The van der Waals surface area contributed by atoms with Gasteiger partial charge in [0.2, 0.25) is 0 Å². The fourth-order valence-electron chi connectivity index (χ4n) is 3.12. The molecule has 6 heteroatoms. The summed E-state index contributed by atoms with van der Waals surface area (Å²) in [5.41, 5.74) is 2.78. The first-order valence-corrected chi connectivity index (χ1v) is 8.95. The maximum absolute atomic E-state index is 12.6. The van der Waals surface area contributed by atoms with Crippen LogP contribution in [-0.4, -0.2) is 25.2 Å². The van der Waals surface area contributed by atoms with E-state index in [0.717, 1.165) is 22.6 Å². The van der Waals surface area contributed by atoms with Gasteiger partial charge < -0.3 is 9.47 Å². The SMILES string of the molecule is CC(C)(C)n1nc2c(c1-n1cccc1)CN(C(=O)c1ccsc1)C2. The maximum atomic E-state index is 12.6. The number of carbonyl (C=O) groups is 1. The molecule has 3 aromatic rings. The molecule has 0 aliphatic carbocycles. The Bertz CT molecular complexity index is 869. The number of fused-ring (bicyclic) bond motifs is 1. The van der Waals surface area contributed by atoms with Crippen molar-refractivity contribution in [1.29, 1.82) is 0 Å². The van der Waals surface area contributed by atoms with Gasteiger partial charge in [-0.3, -0.25) is 4.79 Å². The van der Waals surface area contributed by atoms with Gasteiger partial charge in [0.1, 0.15) is 5.82 Å². The quantitative estimate of drug-likeness (QED) is 0.715. The molecule has 5 nitrogen and oxygen atoms in total. The van der Waals surface area contributed by atoms with Crippen LogP contribution in [0.25, 0.3) is 5.82 Å². The van der Waals surface area contributed by atoms with Crippen LogP contribution in [0.1, 0.15) is 42.4 Å². The normalized spacial score (nSPS) is 14.2. The number of nitrogens with zero attached hydrogens (tertiary/aromatic N) is 4. The molecule has 1 aliphatic heterocycles. The summed E-state index contributed by atoms with van der Waals surface area (Å²) in [6, 6.07) is 5.90. The van der Waals surface area contributed by atoms with Crippen molar-refractivity contribution in [2.75, 3.05) is 0 Å². The van der Waals surface area contributed by atoms with Gasteiger partial charge in [0, 0.05) is 23.3 Å². The molecule has 0 saturated heterocycles. The molecule has 0 N–H and O–H groups in total. The van der Waals surface area contributed by atoms with Crippen LogP contribution in [-0.2, 0) is 18.6 Å². The van der Waals surface area contributed by atoms with Crippen molar-refractivity contribution in [3.8, 4) is 5.82 Å². The van der Waals surface area contributed by atoms with Gasteiger partial charge in [-0.25, -0.2) is 4.68 Å². The first kappa shape index (κ1) is 15.2. The molecule has 1 amide bonds. The summed E-state index contributed by atoms with van der Waals surface area (Å²) < 4.78 is 4.17. The molecule has 0 atom stereocenters. The number of hydrogen-bond acceptors (Lipinski definition) is 3. The highest BCUT2D eigenvalue weighted by atomic mass is 32.1. The van der Waals surface area contributed by atoms with Gasteiger partial charge >= 0.3 is 0 Å². The first-order valence-electron chi connectivity index (χ1n) is 8.01. The Hall–Kier alpha value is -2.34. The van der Waals surface area contributed by atoms with Crippen molar-refractivity contribution >= 4 is 17.2 Å². The topological polar surface area (TPSA) is 43.1 Å². The number of hydrogen-bond donors (Lipinski definition) is 0. The monoisotopic (exact) mass is 340 g/mol. The summed E-state index contributed by atoms with van der Waals surface area (Å²) in [5.74, 6) is 1.14. The summed E-state index contributed by atoms with van der Waals surface area (Å²) in [5, 5.41) is 8.68. The van der Waals surface area contributed by atoms with Crippen molar-refractivity contribution in [2.24, 2.45) is 0 Å². The number of carbonyl (C=O) groups excluding carboxylic acids is 1. The third-order valence-electron chi connectivity index (χ3n) is 4.27. The Labute approximate surface area is 145 Å². The van der Waals surface area contributed by atoms with Crippen LogP contribution in [0.2, 0.25) is 0 Å². The fourth-order valence-corrected chi connectivity index (χ4v) is 3.75. The molecule has 0 saturated carbocycles. The zero-order valence-electron chi connectivity index (χ0n) is 14.1. The molecule has 0 fully saturated rings. The molecule has 4 rings (SSSR count). The third kappa shape index (κ3) is 2.38. The molecule has 0 radical (unpaired) electrons. The summed E-state index contributed by atoms with van der Waals surface area (Å²) in [7, 11) is 0. The minimum atomic E-state index is -0.119. The molecule has 124 valence electrons. The van der Waals surface area contributed by atoms with Crippen LogP contribution in [0.15, 0.2) is 41.4 Å².